The van der Waals surface area contributed by atoms with Gasteiger partial charge in [0.25, 0.3) is 0 Å². The van der Waals surface area contributed by atoms with E-state index in [0.29, 0.717) is 12.6 Å². The Labute approximate surface area is 100 Å². The summed E-state index contributed by atoms with van der Waals surface area (Å²) in [5, 5.41) is 5.30. The van der Waals surface area contributed by atoms with Crippen LogP contribution in [-0.2, 0) is 11.3 Å². The smallest absolute Gasteiger partial charge is 0.236 e. The lowest BCUT2D eigenvalue weighted by molar-refractivity contribution is -0.129. The van der Waals surface area contributed by atoms with Gasteiger partial charge in [-0.3, -0.25) is 4.79 Å². The topological polar surface area (TPSA) is 32.3 Å². The lowest BCUT2D eigenvalue weighted by atomic mass is 10.3. The molecular formula is C12H18N2OS. The molecule has 0 saturated heterocycles. The van der Waals surface area contributed by atoms with Gasteiger partial charge >= 0.3 is 0 Å². The molecule has 0 radical (unpaired) electrons. The number of rotatable bonds is 5. The van der Waals surface area contributed by atoms with Gasteiger partial charge in [-0.1, -0.05) is 0 Å². The van der Waals surface area contributed by atoms with Crippen LogP contribution in [0.4, 0.5) is 0 Å². The van der Waals surface area contributed by atoms with Crippen molar-refractivity contribution in [2.75, 3.05) is 13.6 Å². The van der Waals surface area contributed by atoms with E-state index in [1.807, 2.05) is 11.9 Å². The molecule has 1 saturated carbocycles. The van der Waals surface area contributed by atoms with Crippen molar-refractivity contribution in [3.05, 3.63) is 21.9 Å². The highest BCUT2D eigenvalue weighted by Crippen LogP contribution is 2.25. The summed E-state index contributed by atoms with van der Waals surface area (Å²) in [5.74, 6) is 0.205. The molecule has 0 atom stereocenters. The summed E-state index contributed by atoms with van der Waals surface area (Å²) in [7, 11) is 1.90. The van der Waals surface area contributed by atoms with Gasteiger partial charge in [0.2, 0.25) is 5.91 Å². The van der Waals surface area contributed by atoms with Gasteiger partial charge in [-0.25, -0.2) is 0 Å². The molecule has 88 valence electrons. The minimum absolute atomic E-state index is 0.205. The first-order valence-corrected chi connectivity index (χ1v) is 6.56. The predicted molar refractivity (Wildman–Crippen MR) is 66.6 cm³/mol. The summed E-state index contributed by atoms with van der Waals surface area (Å²) in [5.41, 5.74) is 1.31. The zero-order valence-electron chi connectivity index (χ0n) is 9.82. The molecule has 0 aliphatic heterocycles. The maximum absolute atomic E-state index is 11.7. The van der Waals surface area contributed by atoms with Gasteiger partial charge in [0.15, 0.2) is 0 Å². The number of amides is 1. The number of hydrogen-bond donors (Lipinski definition) is 1. The number of hydrogen-bond acceptors (Lipinski definition) is 3. The minimum Gasteiger partial charge on any atom is -0.342 e. The number of nitrogens with one attached hydrogen (secondary N) is 1. The summed E-state index contributed by atoms with van der Waals surface area (Å²) in [6.45, 7) is 3.35. The lowest BCUT2D eigenvalue weighted by Gasteiger charge is -2.16. The Morgan fingerprint density at radius 3 is 2.94 bits per heavy atom. The van der Waals surface area contributed by atoms with E-state index in [2.05, 4.69) is 23.7 Å². The fourth-order valence-corrected chi connectivity index (χ4v) is 2.53. The Morgan fingerprint density at radius 1 is 1.62 bits per heavy atom. The van der Waals surface area contributed by atoms with Crippen LogP contribution in [0.2, 0.25) is 0 Å². The number of carbonyl (C=O) groups excluding carboxylic acids is 1. The van der Waals surface area contributed by atoms with Crippen LogP contribution in [0.3, 0.4) is 0 Å². The number of likely N-dealkylation sites (N-methyl/N-ethyl adjacent to an activating group) is 1. The van der Waals surface area contributed by atoms with E-state index in [9.17, 15) is 4.79 Å². The van der Waals surface area contributed by atoms with Gasteiger partial charge in [-0.15, -0.1) is 11.3 Å². The monoisotopic (exact) mass is 238 g/mol. The first-order chi connectivity index (χ1) is 7.68. The van der Waals surface area contributed by atoms with Crippen molar-refractivity contribution in [1.29, 1.82) is 0 Å². The predicted octanol–water partition coefficient (Wildman–Crippen LogP) is 1.77. The van der Waals surface area contributed by atoms with Crippen molar-refractivity contribution in [2.45, 2.75) is 32.4 Å². The van der Waals surface area contributed by atoms with Crippen LogP contribution >= 0.6 is 11.3 Å². The maximum atomic E-state index is 11.7. The molecule has 0 aromatic carbocycles. The molecule has 1 aromatic rings. The summed E-state index contributed by atoms with van der Waals surface area (Å²) < 4.78 is 0. The van der Waals surface area contributed by atoms with Gasteiger partial charge in [-0.05, 0) is 36.8 Å². The van der Waals surface area contributed by atoms with Crippen molar-refractivity contribution in [1.82, 2.24) is 10.2 Å². The van der Waals surface area contributed by atoms with Gasteiger partial charge < -0.3 is 10.2 Å². The highest BCUT2D eigenvalue weighted by Gasteiger charge is 2.28. The zero-order valence-corrected chi connectivity index (χ0v) is 10.6. The molecule has 1 aliphatic rings. The summed E-state index contributed by atoms with van der Waals surface area (Å²) in [4.78, 5) is 14.9. The molecule has 0 bridgehead atoms. The number of aryl methyl sites for hydroxylation is 1. The molecule has 2 rings (SSSR count). The Balaban J connectivity index is 1.71. The van der Waals surface area contributed by atoms with E-state index < -0.39 is 0 Å². The molecule has 1 amide bonds. The zero-order chi connectivity index (χ0) is 11.5. The van der Waals surface area contributed by atoms with Crippen molar-refractivity contribution >= 4 is 17.2 Å². The van der Waals surface area contributed by atoms with Crippen LogP contribution in [0, 0.1) is 6.92 Å². The normalized spacial score (nSPS) is 15.1. The first-order valence-electron chi connectivity index (χ1n) is 5.68. The van der Waals surface area contributed by atoms with E-state index in [0.717, 1.165) is 6.54 Å². The van der Waals surface area contributed by atoms with Crippen molar-refractivity contribution < 1.29 is 4.79 Å². The molecule has 4 heteroatoms. The Hall–Kier alpha value is -0.870. The highest BCUT2D eigenvalue weighted by molar-refractivity contribution is 7.10. The molecule has 1 aliphatic carbocycles. The largest absolute Gasteiger partial charge is 0.342 e. The van der Waals surface area contributed by atoms with E-state index in [4.69, 9.17) is 0 Å². The van der Waals surface area contributed by atoms with E-state index in [-0.39, 0.29) is 5.91 Å². The number of thiophene rings is 1. The fourth-order valence-electron chi connectivity index (χ4n) is 1.66. The second-order valence-electron chi connectivity index (χ2n) is 4.37. The first kappa shape index (κ1) is 11.6. The average Bonchev–Trinajstić information content (AvgIpc) is 3.03. The third kappa shape index (κ3) is 2.83. The maximum Gasteiger partial charge on any atom is 0.236 e. The molecule has 1 heterocycles. The third-order valence-electron chi connectivity index (χ3n) is 3.02. The fraction of sp³-hybridized carbons (Fsp3) is 0.583. The van der Waals surface area contributed by atoms with Gasteiger partial charge in [0.1, 0.15) is 0 Å². The molecule has 1 aromatic heterocycles. The molecule has 1 N–H and O–H groups in total. The average molecular weight is 238 g/mol. The van der Waals surface area contributed by atoms with E-state index in [1.54, 1.807) is 11.3 Å². The van der Waals surface area contributed by atoms with Crippen LogP contribution in [0.1, 0.15) is 23.3 Å². The van der Waals surface area contributed by atoms with Gasteiger partial charge in [-0.2, -0.15) is 0 Å². The van der Waals surface area contributed by atoms with Gasteiger partial charge in [0, 0.05) is 24.5 Å². The van der Waals surface area contributed by atoms with E-state index >= 15 is 0 Å². The SMILES string of the molecule is Cc1ccsc1CNCC(=O)N(C)C1CC1. The molecular weight excluding hydrogens is 220 g/mol. The van der Waals surface area contributed by atoms with Crippen LogP contribution in [0.15, 0.2) is 11.4 Å². The molecule has 16 heavy (non-hydrogen) atoms. The van der Waals surface area contributed by atoms with Crippen LogP contribution < -0.4 is 5.32 Å². The number of carbonyl (C=O) groups is 1. The summed E-state index contributed by atoms with van der Waals surface area (Å²) in [6, 6.07) is 2.62. The molecule has 0 spiro atoms. The van der Waals surface area contributed by atoms with E-state index in [1.165, 1.54) is 23.3 Å². The van der Waals surface area contributed by atoms with Crippen molar-refractivity contribution in [3.8, 4) is 0 Å². The molecule has 1 fully saturated rings. The van der Waals surface area contributed by atoms with Crippen LogP contribution in [-0.4, -0.2) is 30.4 Å². The molecule has 0 unspecified atom stereocenters. The van der Waals surface area contributed by atoms with Crippen molar-refractivity contribution in [2.24, 2.45) is 0 Å². The Kier molecular flexibility index (Phi) is 3.61. The Morgan fingerprint density at radius 2 is 2.38 bits per heavy atom. The van der Waals surface area contributed by atoms with Gasteiger partial charge in [0.05, 0.1) is 6.54 Å². The highest BCUT2D eigenvalue weighted by atomic mass is 32.1. The minimum atomic E-state index is 0.205. The third-order valence-corrected chi connectivity index (χ3v) is 4.04. The standard InChI is InChI=1S/C12H18N2OS/c1-9-5-6-16-11(9)7-13-8-12(15)14(2)10-3-4-10/h5-6,10,13H,3-4,7-8H2,1-2H3. The van der Waals surface area contributed by atoms with Crippen LogP contribution in [0.25, 0.3) is 0 Å². The molecule has 3 nitrogen and oxygen atoms in total. The summed E-state index contributed by atoms with van der Waals surface area (Å²) in [6.07, 6.45) is 2.35. The number of nitrogens with zero attached hydrogens (tertiary/aromatic N) is 1. The van der Waals surface area contributed by atoms with Crippen molar-refractivity contribution in [3.63, 3.8) is 0 Å². The quantitative estimate of drug-likeness (QED) is 0.848. The second kappa shape index (κ2) is 4.97. The van der Waals surface area contributed by atoms with Crippen LogP contribution in [0.5, 0.6) is 0 Å². The lowest BCUT2D eigenvalue weighted by Crippen LogP contribution is -2.36. The second-order valence-corrected chi connectivity index (χ2v) is 5.37. The summed E-state index contributed by atoms with van der Waals surface area (Å²) >= 11 is 1.74. The Bertz CT molecular complexity index is 371.